The van der Waals surface area contributed by atoms with E-state index in [1.165, 1.54) is 7.11 Å². The number of hydrogen-bond acceptors (Lipinski definition) is 20. The molecule has 0 aromatic heterocycles. The molecule has 7 atom stereocenters. The zero-order chi connectivity index (χ0) is 37.9. The molecule has 0 aromatic carbocycles. The van der Waals surface area contributed by atoms with Crippen LogP contribution in [0.2, 0.25) is 85.1 Å². The van der Waals surface area contributed by atoms with E-state index in [1.807, 2.05) is 85.1 Å². The van der Waals surface area contributed by atoms with Gasteiger partial charge in [0, 0.05) is 7.11 Å². The molecule has 0 aromatic rings. The van der Waals surface area contributed by atoms with Gasteiger partial charge in [-0.3, -0.25) is 0 Å². The monoisotopic (exact) mass is 986 g/mol. The van der Waals surface area contributed by atoms with Crippen LogP contribution in [-0.2, 0) is 79.4 Å². The first-order chi connectivity index (χ1) is 23.5. The van der Waals surface area contributed by atoms with Gasteiger partial charge in [-0.05, 0) is 78.6 Å². The van der Waals surface area contributed by atoms with Crippen molar-refractivity contribution in [1.82, 2.24) is 0 Å². The Balaban J connectivity index is 1.94. The Morgan fingerprint density at radius 3 is 1.49 bits per heavy atom. The normalized spacial score (nSPS) is 44.5. The van der Waals surface area contributed by atoms with E-state index in [0.717, 1.165) is 0 Å². The fraction of sp³-hybridized carbons (Fsp3) is 1.00. The molecule has 0 saturated carbocycles. The first kappa shape index (κ1) is 44.6. The van der Waals surface area contributed by atoms with E-state index < -0.39 is 141 Å². The summed E-state index contributed by atoms with van der Waals surface area (Å²) in [5, 5.41) is -1.55. The van der Waals surface area contributed by atoms with Crippen LogP contribution >= 0.6 is 0 Å². The van der Waals surface area contributed by atoms with Crippen LogP contribution in [0.3, 0.4) is 0 Å². The second kappa shape index (κ2) is 16.2. The van der Waals surface area contributed by atoms with Crippen molar-refractivity contribution in [3.05, 3.63) is 0 Å². The summed E-state index contributed by atoms with van der Waals surface area (Å²) in [6, 6.07) is 0. The molecule has 1 spiro atoms. The number of hydrogen-bond donors (Lipinski definition) is 1. The minimum atomic E-state index is -4.91. The van der Waals surface area contributed by atoms with E-state index >= 15 is 0 Å². The number of fused-ring (bicyclic) bond motifs is 5. The van der Waals surface area contributed by atoms with Crippen molar-refractivity contribution in [2.75, 3.05) is 13.3 Å². The predicted octanol–water partition coefficient (Wildman–Crippen LogP) is -2.39. The highest BCUT2D eigenvalue weighted by Gasteiger charge is 2.89. The Hall–Kier alpha value is 2.45. The lowest BCUT2D eigenvalue weighted by Crippen LogP contribution is -2.88. The van der Waals surface area contributed by atoms with Crippen LogP contribution < -0.4 is 0 Å². The van der Waals surface area contributed by atoms with Gasteiger partial charge < -0.3 is 84.2 Å². The lowest BCUT2D eigenvalue weighted by atomic mass is 11.4. The second-order valence-corrected chi connectivity index (χ2v) is 52.4. The van der Waals surface area contributed by atoms with Crippen molar-refractivity contribution < 1.29 is 84.2 Å². The molecule has 8 rings (SSSR count). The molecule has 3 unspecified atom stereocenters. The molecule has 8 heterocycles. The summed E-state index contributed by atoms with van der Waals surface area (Å²) in [5.74, 6) is 0. The zero-order valence-electron chi connectivity index (χ0n) is 31.7. The highest BCUT2D eigenvalue weighted by molar-refractivity contribution is 6.98. The first-order valence-corrected chi connectivity index (χ1v) is 49.2. The minimum absolute atomic E-state index is 0.295. The standard InChI is InChI=1S/C16H54O20Si15/c1-18-47(17)29-44(22-38(3)4)28-46(23-39(5)6)16(37-2)20-45(21-16)15-19-48(24-40(7)8)33-50(31-46,26-42(11)12)35-49(30-45,25-41(9)10)36-51(32-47,34-48)27-43(13)14/h17,38-44H,15,37H2,1-14H3/t16?,44-,45?,46+,47?,48+,49?,50+,51?/m1/s1. The summed E-state index contributed by atoms with van der Waals surface area (Å²) < 4.78 is 128. The van der Waals surface area contributed by atoms with Crippen LogP contribution in [0.15, 0.2) is 0 Å². The molecule has 8 aliphatic heterocycles. The van der Waals surface area contributed by atoms with Crippen molar-refractivity contribution in [3.8, 4) is 0 Å². The predicted molar refractivity (Wildman–Crippen MR) is 211 cm³/mol. The third-order valence-electron chi connectivity index (χ3n) is 6.84. The molecule has 51 heavy (non-hydrogen) atoms. The lowest BCUT2D eigenvalue weighted by molar-refractivity contribution is -0.192. The van der Waals surface area contributed by atoms with Gasteiger partial charge in [-0.2, -0.15) is 0 Å². The molecule has 0 amide bonds. The molecule has 8 fully saturated rings. The van der Waals surface area contributed by atoms with Gasteiger partial charge in [0.1, 0.15) is 6.23 Å². The molecule has 8 aliphatic rings. The summed E-state index contributed by atoms with van der Waals surface area (Å²) in [6.07, 6.45) is -0.295. The molecule has 0 aliphatic carbocycles. The molecular formula is C16H54O20Si15. The van der Waals surface area contributed by atoms with Gasteiger partial charge in [-0.15, -0.1) is 0 Å². The second-order valence-electron chi connectivity index (χ2n) is 13.8. The lowest BCUT2D eigenvalue weighted by Gasteiger charge is -2.58. The minimum Gasteiger partial charge on any atom is -0.422 e. The van der Waals surface area contributed by atoms with Crippen LogP contribution in [0.25, 0.3) is 0 Å². The van der Waals surface area contributed by atoms with E-state index in [0.29, 0.717) is 0 Å². The molecule has 8 saturated heterocycles. The Kier molecular flexibility index (Phi) is 14.2. The molecule has 7 bridgehead atoms. The molecular weight excluding hydrogens is 933 g/mol. The van der Waals surface area contributed by atoms with Crippen molar-refractivity contribution in [3.63, 3.8) is 0 Å². The summed E-state index contributed by atoms with van der Waals surface area (Å²) in [4.78, 5) is 12.3. The fourth-order valence-corrected chi connectivity index (χ4v) is 61.8. The van der Waals surface area contributed by atoms with Gasteiger partial charge in [0.15, 0.2) is 59.3 Å². The quantitative estimate of drug-likeness (QED) is 0.181. The first-order valence-electron chi connectivity index (χ1n) is 17.1. The van der Waals surface area contributed by atoms with E-state index in [2.05, 4.69) is 0 Å². The highest BCUT2D eigenvalue weighted by Crippen LogP contribution is 2.52. The van der Waals surface area contributed by atoms with E-state index in [1.54, 1.807) is 0 Å². The maximum Gasteiger partial charge on any atom is 0.663 e. The number of rotatable bonds is 14. The van der Waals surface area contributed by atoms with Crippen LogP contribution in [0.1, 0.15) is 0 Å². The highest BCUT2D eigenvalue weighted by atomic mass is 28.6. The van der Waals surface area contributed by atoms with Crippen LogP contribution in [0.4, 0.5) is 0 Å². The van der Waals surface area contributed by atoms with Gasteiger partial charge in [0.25, 0.3) is 0 Å². The van der Waals surface area contributed by atoms with Gasteiger partial charge in [0.05, 0.1) is 9.52 Å². The summed E-state index contributed by atoms with van der Waals surface area (Å²) >= 11 is 0. The molecule has 1 N–H and O–H groups in total. The molecule has 35 heteroatoms. The van der Waals surface area contributed by atoms with E-state index in [4.69, 9.17) is 79.4 Å². The molecule has 0 radical (unpaired) electrons. The van der Waals surface area contributed by atoms with Gasteiger partial charge in [0.2, 0.25) is 0 Å². The van der Waals surface area contributed by atoms with Crippen molar-refractivity contribution in [2.24, 2.45) is 0 Å². The smallest absolute Gasteiger partial charge is 0.422 e. The van der Waals surface area contributed by atoms with Crippen molar-refractivity contribution in [1.29, 1.82) is 0 Å². The Morgan fingerprint density at radius 2 is 1.04 bits per heavy atom. The summed E-state index contributed by atoms with van der Waals surface area (Å²) in [5.41, 5.74) is 0. The van der Waals surface area contributed by atoms with E-state index in [-0.39, 0.29) is 6.23 Å². The molecule has 20 nitrogen and oxygen atoms in total. The van der Waals surface area contributed by atoms with Gasteiger partial charge in [-0.25, -0.2) is 0 Å². The Bertz CT molecular complexity index is 1230. The van der Waals surface area contributed by atoms with Crippen LogP contribution in [-0.4, -0.2) is 159 Å². The zero-order valence-corrected chi connectivity index (χ0v) is 48.2. The summed E-state index contributed by atoms with van der Waals surface area (Å²) in [6.45, 7) is 25.0. The largest absolute Gasteiger partial charge is 0.663 e. The van der Waals surface area contributed by atoms with Crippen molar-refractivity contribution in [2.45, 2.75) is 90.1 Å². The third kappa shape index (κ3) is 9.68. The average Bonchev–Trinajstić information content (AvgIpc) is 2.99. The topological polar surface area (TPSA) is 196 Å². The van der Waals surface area contributed by atoms with Crippen LogP contribution in [0, 0.1) is 0 Å². The summed E-state index contributed by atoms with van der Waals surface area (Å²) in [7, 11) is -49.3. The fourth-order valence-electron chi connectivity index (χ4n) is 5.46. The maximum absolute atomic E-state index is 12.3. The van der Waals surface area contributed by atoms with Crippen molar-refractivity contribution >= 4 is 136 Å². The third-order valence-corrected chi connectivity index (χ3v) is 52.3. The Morgan fingerprint density at radius 1 is 0.588 bits per heavy atom. The average molecular weight is 988 g/mol. The van der Waals surface area contributed by atoms with Crippen LogP contribution in [0.5, 0.6) is 0 Å². The SMILES string of the molecule is CO[Si]1(O)O[Si@H](O[SiH](C)C)O[Si@]2(O[SiH](C)C)O[Si@]3(O[SiH](C)C)O[Si]4(O[SiH](C)C)O[Si]5(CO[Si@@](O[SiH](C)C)(O[Si](O[SiH](C)C)(O1)O4)O3)OC2([SiH2]C)O5. The van der Waals surface area contributed by atoms with E-state index in [9.17, 15) is 4.80 Å². The Labute approximate surface area is 322 Å². The van der Waals surface area contributed by atoms with Gasteiger partial charge in [-0.1, -0.05) is 6.55 Å². The van der Waals surface area contributed by atoms with Gasteiger partial charge >= 0.3 is 72.4 Å². The maximum atomic E-state index is 12.3. The molecule has 298 valence electrons.